The maximum atomic E-state index is 12.7. The van der Waals surface area contributed by atoms with Crippen LogP contribution in [0.5, 0.6) is 11.5 Å². The molecule has 0 radical (unpaired) electrons. The van der Waals surface area contributed by atoms with Crippen molar-refractivity contribution >= 4 is 29.0 Å². The molecule has 0 aromatic heterocycles. The highest BCUT2D eigenvalue weighted by Crippen LogP contribution is 2.39. The van der Waals surface area contributed by atoms with Gasteiger partial charge in [-0.25, -0.2) is 4.79 Å². The molecule has 0 fully saturated rings. The van der Waals surface area contributed by atoms with Gasteiger partial charge in [-0.3, -0.25) is 4.90 Å². The maximum Gasteiger partial charge on any atom is 0.337 e. The highest BCUT2D eigenvalue weighted by molar-refractivity contribution is 7.80. The third-order valence-electron chi connectivity index (χ3n) is 4.67. The summed E-state index contributed by atoms with van der Waals surface area (Å²) in [6, 6.07) is 14.5. The molecular weight excluding hydrogens is 376 g/mol. The number of hydrogen-bond donors (Lipinski definition) is 1. The minimum atomic E-state index is -0.498. The van der Waals surface area contributed by atoms with Crippen molar-refractivity contribution in [2.75, 3.05) is 26.2 Å². The van der Waals surface area contributed by atoms with Crippen molar-refractivity contribution in [1.82, 2.24) is 5.32 Å². The summed E-state index contributed by atoms with van der Waals surface area (Å²) in [7, 11) is 4.55. The SMILES string of the molecule is COC(=O)C1=C(C)N(c2ccccc2OC)C(=S)NC1c1ccccc1OC. The zero-order chi connectivity index (χ0) is 20.3. The van der Waals surface area contributed by atoms with Gasteiger partial charge in [-0.2, -0.15) is 0 Å². The number of thiocarbonyl (C=S) groups is 1. The first-order chi connectivity index (χ1) is 13.5. The molecule has 1 unspecified atom stereocenters. The number of carbonyl (C=O) groups is 1. The summed E-state index contributed by atoms with van der Waals surface area (Å²) in [5.74, 6) is 0.858. The van der Waals surface area contributed by atoms with Crippen LogP contribution in [0.1, 0.15) is 18.5 Å². The molecule has 7 heteroatoms. The minimum Gasteiger partial charge on any atom is -0.496 e. The number of rotatable bonds is 5. The molecule has 1 aliphatic rings. The Balaban J connectivity index is 2.20. The zero-order valence-corrected chi connectivity index (χ0v) is 17.0. The number of hydrogen-bond acceptors (Lipinski definition) is 5. The number of allylic oxidation sites excluding steroid dienone is 1. The van der Waals surface area contributed by atoms with Gasteiger partial charge >= 0.3 is 5.97 Å². The van der Waals surface area contributed by atoms with E-state index in [1.165, 1.54) is 7.11 Å². The van der Waals surface area contributed by atoms with Gasteiger partial charge in [0, 0.05) is 11.3 Å². The highest BCUT2D eigenvalue weighted by Gasteiger charge is 2.37. The van der Waals surface area contributed by atoms with Gasteiger partial charge in [0.1, 0.15) is 11.5 Å². The molecule has 2 aromatic carbocycles. The molecule has 1 N–H and O–H groups in total. The van der Waals surface area contributed by atoms with E-state index in [1.807, 2.05) is 55.5 Å². The average molecular weight is 398 g/mol. The molecule has 3 rings (SSSR count). The quantitative estimate of drug-likeness (QED) is 0.610. The van der Waals surface area contributed by atoms with Crippen LogP contribution in [0, 0.1) is 0 Å². The number of esters is 1. The number of nitrogens with zero attached hydrogens (tertiary/aromatic N) is 1. The van der Waals surface area contributed by atoms with Crippen molar-refractivity contribution in [1.29, 1.82) is 0 Å². The Hall–Kier alpha value is -3.06. The summed E-state index contributed by atoms with van der Waals surface area (Å²) in [5, 5.41) is 3.72. The van der Waals surface area contributed by atoms with Gasteiger partial charge in [-0.05, 0) is 37.3 Å². The molecular formula is C21H22N2O4S. The summed E-state index contributed by atoms with van der Waals surface area (Å²) < 4.78 is 16.0. The average Bonchev–Trinajstić information content (AvgIpc) is 2.73. The lowest BCUT2D eigenvalue weighted by Crippen LogP contribution is -2.48. The fourth-order valence-corrected chi connectivity index (χ4v) is 3.71. The molecule has 1 aliphatic heterocycles. The Morgan fingerprint density at radius 3 is 2.25 bits per heavy atom. The number of nitrogens with one attached hydrogen (secondary N) is 1. The van der Waals surface area contributed by atoms with Crippen LogP contribution < -0.4 is 19.7 Å². The lowest BCUT2D eigenvalue weighted by Gasteiger charge is -2.38. The largest absolute Gasteiger partial charge is 0.496 e. The molecule has 146 valence electrons. The van der Waals surface area contributed by atoms with Crippen LogP contribution in [0.25, 0.3) is 0 Å². The summed E-state index contributed by atoms with van der Waals surface area (Å²) >= 11 is 5.66. The molecule has 0 bridgehead atoms. The van der Waals surface area contributed by atoms with Crippen molar-refractivity contribution in [3.8, 4) is 11.5 Å². The number of benzene rings is 2. The lowest BCUT2D eigenvalue weighted by molar-refractivity contribution is -0.136. The van der Waals surface area contributed by atoms with Crippen LogP contribution in [0.3, 0.4) is 0 Å². The first kappa shape index (κ1) is 19.7. The minimum absolute atomic E-state index is 0.441. The van der Waals surface area contributed by atoms with Gasteiger partial charge in [0.15, 0.2) is 5.11 Å². The van der Waals surface area contributed by atoms with Gasteiger partial charge in [0.25, 0.3) is 0 Å². The fourth-order valence-electron chi connectivity index (χ4n) is 3.36. The Morgan fingerprint density at radius 1 is 1.00 bits per heavy atom. The molecule has 2 aromatic rings. The van der Waals surface area contributed by atoms with E-state index < -0.39 is 12.0 Å². The molecule has 0 aliphatic carbocycles. The molecule has 28 heavy (non-hydrogen) atoms. The van der Waals surface area contributed by atoms with Crippen molar-refractivity contribution in [2.24, 2.45) is 0 Å². The summed E-state index contributed by atoms with van der Waals surface area (Å²) in [5.41, 5.74) is 2.65. The smallest absolute Gasteiger partial charge is 0.337 e. The van der Waals surface area contributed by atoms with Gasteiger partial charge < -0.3 is 19.5 Å². The van der Waals surface area contributed by atoms with E-state index in [2.05, 4.69) is 5.32 Å². The monoisotopic (exact) mass is 398 g/mol. The number of carbonyl (C=O) groups excluding carboxylic acids is 1. The Morgan fingerprint density at radius 2 is 1.61 bits per heavy atom. The van der Waals surface area contributed by atoms with Crippen molar-refractivity contribution < 1.29 is 19.0 Å². The van der Waals surface area contributed by atoms with Crippen LogP contribution in [-0.2, 0) is 9.53 Å². The third-order valence-corrected chi connectivity index (χ3v) is 4.97. The second-order valence-corrected chi connectivity index (χ2v) is 6.51. The normalized spacial score (nSPS) is 16.5. The topological polar surface area (TPSA) is 60.0 Å². The molecule has 0 spiro atoms. The Bertz CT molecular complexity index is 942. The summed E-state index contributed by atoms with van der Waals surface area (Å²) in [6.07, 6.45) is 0. The van der Waals surface area contributed by atoms with Crippen LogP contribution >= 0.6 is 12.2 Å². The summed E-state index contributed by atoms with van der Waals surface area (Å²) in [6.45, 7) is 1.84. The molecule has 1 heterocycles. The summed E-state index contributed by atoms with van der Waals surface area (Å²) in [4.78, 5) is 14.5. The second kappa shape index (κ2) is 8.31. The second-order valence-electron chi connectivity index (χ2n) is 6.12. The number of anilines is 1. The Labute approximate surface area is 169 Å². The van der Waals surface area contributed by atoms with Crippen LogP contribution in [0.15, 0.2) is 59.8 Å². The van der Waals surface area contributed by atoms with E-state index in [4.69, 9.17) is 26.4 Å². The van der Waals surface area contributed by atoms with E-state index in [0.29, 0.717) is 27.9 Å². The number of para-hydroxylation sites is 3. The van der Waals surface area contributed by atoms with E-state index in [-0.39, 0.29) is 0 Å². The molecule has 1 atom stereocenters. The molecule has 6 nitrogen and oxygen atoms in total. The van der Waals surface area contributed by atoms with Crippen LogP contribution in [-0.4, -0.2) is 32.4 Å². The van der Waals surface area contributed by atoms with Gasteiger partial charge in [0.2, 0.25) is 0 Å². The first-order valence-electron chi connectivity index (χ1n) is 8.69. The van der Waals surface area contributed by atoms with Gasteiger partial charge in [0.05, 0.1) is 38.6 Å². The van der Waals surface area contributed by atoms with E-state index in [0.717, 1.165) is 11.3 Å². The third kappa shape index (κ3) is 3.41. The predicted octanol–water partition coefficient (Wildman–Crippen LogP) is 3.59. The molecule has 0 amide bonds. The van der Waals surface area contributed by atoms with E-state index in [9.17, 15) is 4.79 Å². The standard InChI is InChI=1S/C21H22N2O4S/c1-13-18(20(24)27-4)19(14-9-5-7-11-16(14)25-2)22-21(28)23(13)15-10-6-8-12-17(15)26-3/h5-12,19H,1-4H3,(H,22,28). The predicted molar refractivity (Wildman–Crippen MR) is 112 cm³/mol. The van der Waals surface area contributed by atoms with Gasteiger partial charge in [-0.15, -0.1) is 0 Å². The van der Waals surface area contributed by atoms with Crippen LogP contribution in [0.4, 0.5) is 5.69 Å². The van der Waals surface area contributed by atoms with Crippen molar-refractivity contribution in [3.05, 3.63) is 65.4 Å². The van der Waals surface area contributed by atoms with E-state index >= 15 is 0 Å². The first-order valence-corrected chi connectivity index (χ1v) is 9.10. The fraction of sp³-hybridized carbons (Fsp3) is 0.238. The molecule has 0 saturated heterocycles. The lowest BCUT2D eigenvalue weighted by atomic mass is 9.94. The Kier molecular flexibility index (Phi) is 5.84. The number of ether oxygens (including phenoxy) is 3. The number of methoxy groups -OCH3 is 3. The van der Waals surface area contributed by atoms with Crippen molar-refractivity contribution in [2.45, 2.75) is 13.0 Å². The zero-order valence-electron chi connectivity index (χ0n) is 16.2. The highest BCUT2D eigenvalue weighted by atomic mass is 32.1. The van der Waals surface area contributed by atoms with Crippen molar-refractivity contribution in [3.63, 3.8) is 0 Å². The maximum absolute atomic E-state index is 12.7. The van der Waals surface area contributed by atoms with Crippen LogP contribution in [0.2, 0.25) is 0 Å². The van der Waals surface area contributed by atoms with Gasteiger partial charge in [-0.1, -0.05) is 30.3 Å². The molecule has 0 saturated carbocycles. The van der Waals surface area contributed by atoms with E-state index in [1.54, 1.807) is 19.1 Å².